The average Bonchev–Trinajstić information content (AvgIpc) is 3.24. The molecule has 3 aliphatic heterocycles. The predicted molar refractivity (Wildman–Crippen MR) is 225 cm³/mol. The van der Waals surface area contributed by atoms with Gasteiger partial charge in [0.05, 0.1) is 37.4 Å². The first-order chi connectivity index (χ1) is 30.4. The second-order valence-corrected chi connectivity index (χ2v) is 23.4. The number of Topliss-reactive ketones (excluding diaryl/α,β-unsaturated/α-hetero) is 1. The van der Waals surface area contributed by atoms with Crippen molar-refractivity contribution in [1.29, 1.82) is 0 Å². The Morgan fingerprint density at radius 2 is 1.25 bits per heavy atom. The zero-order valence-electron chi connectivity index (χ0n) is 38.8. The Morgan fingerprint density at radius 1 is 0.646 bits per heavy atom. The Morgan fingerprint density at radius 3 is 1.83 bits per heavy atom. The highest BCUT2D eigenvalue weighted by molar-refractivity contribution is 5.85. The molecule has 0 spiro atoms. The van der Waals surface area contributed by atoms with Gasteiger partial charge in [0.1, 0.15) is 79.2 Å². The van der Waals surface area contributed by atoms with Crippen molar-refractivity contribution in [1.82, 2.24) is 0 Å². The van der Waals surface area contributed by atoms with Crippen molar-refractivity contribution < 1.29 is 89.1 Å². The lowest BCUT2D eigenvalue weighted by atomic mass is 9.31. The van der Waals surface area contributed by atoms with Crippen LogP contribution in [0, 0.1) is 56.2 Å². The van der Waals surface area contributed by atoms with Crippen molar-refractivity contribution >= 4 is 12.1 Å². The van der Waals surface area contributed by atoms with Crippen LogP contribution < -0.4 is 0 Å². The van der Waals surface area contributed by atoms with E-state index in [2.05, 4.69) is 48.5 Å². The molecule has 3 heterocycles. The molecule has 0 radical (unpaired) electrons. The van der Waals surface area contributed by atoms with Crippen LogP contribution >= 0.6 is 0 Å². The van der Waals surface area contributed by atoms with E-state index in [9.17, 15) is 60.7 Å². The number of aldehydes is 1. The fraction of sp³-hybridized carbons (Fsp3) is 0.957. The number of ketones is 1. The van der Waals surface area contributed by atoms with Crippen molar-refractivity contribution in [3.8, 4) is 0 Å². The summed E-state index contributed by atoms with van der Waals surface area (Å²) in [6, 6.07) is 0. The summed E-state index contributed by atoms with van der Waals surface area (Å²) in [7, 11) is 0. The smallest absolute Gasteiger partial charge is 0.187 e. The Labute approximate surface area is 380 Å². The molecule has 8 fully saturated rings. The zero-order chi connectivity index (χ0) is 47.6. The second-order valence-electron chi connectivity index (χ2n) is 23.4. The molecule has 8 aliphatic rings. The molecule has 372 valence electrons. The molecule has 18 heteroatoms. The minimum Gasteiger partial charge on any atom is -0.394 e. The van der Waals surface area contributed by atoms with E-state index in [1.807, 2.05) is 0 Å². The summed E-state index contributed by atoms with van der Waals surface area (Å²) in [4.78, 5) is 27.9. The number of rotatable bonds is 9. The minimum atomic E-state index is -1.85. The highest BCUT2D eigenvalue weighted by Gasteiger charge is 2.74. The standard InChI is InChI=1S/C47H76O18/c1-42(2)12-13-47(20-50)21(15-42)30-22(51)14-27-44(5)10-9-29(43(3,4)26(44)8-11-45(27,6)46(30,7)16-28(47)52)64-41-38(65-40-37(59)35(57)32(54)24(18-49)62-40)33(55)25(19-60-41)63-39-36(58)34(56)31(53)23(17-48)61-39/h20-21,23-41,48-49,52-59H,8-19H2,1-7H3. The first-order valence-corrected chi connectivity index (χ1v) is 23.9. The summed E-state index contributed by atoms with van der Waals surface area (Å²) in [5.41, 5.74) is -2.75. The van der Waals surface area contributed by atoms with Crippen LogP contribution in [0.15, 0.2) is 0 Å². The highest BCUT2D eigenvalue weighted by Crippen LogP contribution is 2.76. The maximum absolute atomic E-state index is 14.9. The molecule has 65 heavy (non-hydrogen) atoms. The zero-order valence-corrected chi connectivity index (χ0v) is 38.8. The molecule has 0 bridgehead atoms. The van der Waals surface area contributed by atoms with Crippen LogP contribution in [0.2, 0.25) is 0 Å². The van der Waals surface area contributed by atoms with Crippen molar-refractivity contribution in [2.24, 2.45) is 56.2 Å². The summed E-state index contributed by atoms with van der Waals surface area (Å²) in [5, 5.41) is 107. The first-order valence-electron chi connectivity index (χ1n) is 23.9. The molecule has 0 amide bonds. The summed E-state index contributed by atoms with van der Waals surface area (Å²) in [5.74, 6) is -0.372. The molecule has 5 aliphatic carbocycles. The van der Waals surface area contributed by atoms with Crippen LogP contribution in [0.3, 0.4) is 0 Å². The lowest BCUT2D eigenvalue weighted by molar-refractivity contribution is -0.382. The number of hydrogen-bond donors (Lipinski definition) is 10. The second kappa shape index (κ2) is 17.5. The Hall–Kier alpha value is -1.30. The third-order valence-corrected chi connectivity index (χ3v) is 19.3. The topological polar surface area (TPSA) is 292 Å². The monoisotopic (exact) mass is 929 g/mol. The normalized spacial score (nSPS) is 55.2. The number of aliphatic hydroxyl groups is 10. The van der Waals surface area contributed by atoms with E-state index in [0.717, 1.165) is 25.5 Å². The van der Waals surface area contributed by atoms with E-state index >= 15 is 0 Å². The molecule has 0 aromatic carbocycles. The third-order valence-electron chi connectivity index (χ3n) is 19.3. The summed E-state index contributed by atoms with van der Waals surface area (Å²) >= 11 is 0. The van der Waals surface area contributed by atoms with Gasteiger partial charge in [-0.15, -0.1) is 0 Å². The van der Waals surface area contributed by atoms with Crippen LogP contribution in [0.25, 0.3) is 0 Å². The molecule has 10 N–H and O–H groups in total. The van der Waals surface area contributed by atoms with Gasteiger partial charge in [-0.25, -0.2) is 0 Å². The number of aliphatic hydroxyl groups excluding tert-OH is 10. The largest absolute Gasteiger partial charge is 0.394 e. The fourth-order valence-corrected chi connectivity index (χ4v) is 15.3. The Kier molecular flexibility index (Phi) is 13.5. The Balaban J connectivity index is 1.05. The minimum absolute atomic E-state index is 0.0226. The van der Waals surface area contributed by atoms with E-state index < -0.39 is 128 Å². The average molecular weight is 929 g/mol. The number of hydrogen-bond acceptors (Lipinski definition) is 18. The van der Waals surface area contributed by atoms with E-state index in [-0.39, 0.29) is 52.3 Å². The van der Waals surface area contributed by atoms with Gasteiger partial charge >= 0.3 is 0 Å². The van der Waals surface area contributed by atoms with Crippen LogP contribution in [-0.2, 0) is 38.0 Å². The lowest BCUT2D eigenvalue weighted by Crippen LogP contribution is -2.71. The number of ether oxygens (including phenoxy) is 6. The SMILES string of the molecule is CC1(C)CCC2(C=O)C(O)CC3(C)C(C(=O)CC4C5(C)CCC(OC6OCC(OC7OC(CO)C(O)C(O)C7O)C(O)C6OC6OC(CO)C(O)C(O)C6O)C(C)(C)C5CCC43C)C2C1. The molecule has 3 saturated heterocycles. The van der Waals surface area contributed by atoms with E-state index in [1.165, 1.54) is 0 Å². The van der Waals surface area contributed by atoms with Crippen LogP contribution in [0.4, 0.5) is 0 Å². The van der Waals surface area contributed by atoms with E-state index in [0.29, 0.717) is 38.5 Å². The van der Waals surface area contributed by atoms with Gasteiger partial charge in [-0.3, -0.25) is 4.79 Å². The van der Waals surface area contributed by atoms with E-state index in [1.54, 1.807) is 0 Å². The number of fused-ring (bicyclic) bond motifs is 7. The molecule has 5 saturated carbocycles. The molecular weight excluding hydrogens is 852 g/mol. The molecule has 8 rings (SSSR count). The van der Waals surface area contributed by atoms with Crippen LogP contribution in [0.5, 0.6) is 0 Å². The molecule has 18 nitrogen and oxygen atoms in total. The van der Waals surface area contributed by atoms with Gasteiger partial charge in [-0.2, -0.15) is 0 Å². The number of carbonyl (C=O) groups is 2. The van der Waals surface area contributed by atoms with Gasteiger partial charge in [0.2, 0.25) is 0 Å². The van der Waals surface area contributed by atoms with Gasteiger partial charge < -0.3 is 84.3 Å². The molecule has 24 atom stereocenters. The van der Waals surface area contributed by atoms with Gasteiger partial charge in [-0.1, -0.05) is 48.5 Å². The van der Waals surface area contributed by atoms with Crippen molar-refractivity contribution in [2.45, 2.75) is 204 Å². The molecule has 0 aromatic rings. The van der Waals surface area contributed by atoms with Gasteiger partial charge in [0.15, 0.2) is 18.9 Å². The molecule has 0 aromatic heterocycles. The van der Waals surface area contributed by atoms with Crippen molar-refractivity contribution in [3.63, 3.8) is 0 Å². The quantitative estimate of drug-likeness (QED) is 0.105. The lowest BCUT2D eigenvalue weighted by Gasteiger charge is -2.73. The van der Waals surface area contributed by atoms with E-state index in [4.69, 9.17) is 28.4 Å². The maximum atomic E-state index is 14.9. The summed E-state index contributed by atoms with van der Waals surface area (Å²) in [6.45, 7) is 13.7. The van der Waals surface area contributed by atoms with Gasteiger partial charge in [0, 0.05) is 12.3 Å². The predicted octanol–water partition coefficient (Wildman–Crippen LogP) is -0.311. The molecular formula is C47H76O18. The fourth-order valence-electron chi connectivity index (χ4n) is 15.3. The third kappa shape index (κ3) is 7.75. The molecule has 24 unspecified atom stereocenters. The van der Waals surface area contributed by atoms with Gasteiger partial charge in [-0.05, 0) is 96.2 Å². The summed E-state index contributed by atoms with van der Waals surface area (Å²) in [6.07, 6.45) is -17.2. The van der Waals surface area contributed by atoms with Gasteiger partial charge in [0.25, 0.3) is 0 Å². The van der Waals surface area contributed by atoms with Crippen LogP contribution in [0.1, 0.15) is 106 Å². The highest BCUT2D eigenvalue weighted by atomic mass is 16.8. The Bertz CT molecular complexity index is 1750. The maximum Gasteiger partial charge on any atom is 0.187 e. The van der Waals surface area contributed by atoms with Crippen molar-refractivity contribution in [2.75, 3.05) is 19.8 Å². The first kappa shape index (κ1) is 50.1. The summed E-state index contributed by atoms with van der Waals surface area (Å²) < 4.78 is 36.4. The number of carbonyl (C=O) groups excluding carboxylic acids is 2. The van der Waals surface area contributed by atoms with Crippen molar-refractivity contribution in [3.05, 3.63) is 0 Å². The van der Waals surface area contributed by atoms with Crippen LogP contribution in [-0.4, -0.2) is 181 Å².